The Morgan fingerprint density at radius 2 is 1.85 bits per heavy atom. The molecule has 1 rings (SSSR count). The molecule has 1 fully saturated rings. The summed E-state index contributed by atoms with van der Waals surface area (Å²) in [5.41, 5.74) is 0.331. The molecule has 4 N–H and O–H groups in total. The highest BCUT2D eigenvalue weighted by atomic mass is 32.2. The quantitative estimate of drug-likeness (QED) is 0.503. The molecule has 0 aliphatic carbocycles. The molecule has 5 atom stereocenters. The van der Waals surface area contributed by atoms with Crippen LogP contribution in [0, 0.1) is 0 Å². The van der Waals surface area contributed by atoms with Gasteiger partial charge in [-0.3, -0.25) is 0 Å². The van der Waals surface area contributed by atoms with Gasteiger partial charge in [0, 0.05) is 0 Å². The summed E-state index contributed by atoms with van der Waals surface area (Å²) in [5, 5.41) is 38.3. The zero-order valence-corrected chi connectivity index (χ0v) is 12.1. The van der Waals surface area contributed by atoms with Gasteiger partial charge in [-0.05, 0) is 17.7 Å². The van der Waals surface area contributed by atoms with E-state index in [4.69, 9.17) is 9.84 Å². The smallest absolute Gasteiger partial charge is 0.132 e. The summed E-state index contributed by atoms with van der Waals surface area (Å²) in [4.78, 5) is 0. The lowest BCUT2D eigenvalue weighted by Gasteiger charge is -2.39. The van der Waals surface area contributed by atoms with Crippen molar-refractivity contribution in [3.8, 4) is 0 Å². The minimum Gasteiger partial charge on any atom is -0.394 e. The average Bonchev–Trinajstić information content (AvgIpc) is 2.46. The third-order valence-electron chi connectivity index (χ3n) is 3.12. The monoisotopic (exact) mass is 302 g/mol. The number of aliphatic hydroxyl groups is 4. The fourth-order valence-electron chi connectivity index (χ4n) is 1.90. The van der Waals surface area contributed by atoms with Crippen molar-refractivity contribution < 1.29 is 25.2 Å². The predicted octanol–water partition coefficient (Wildman–Crippen LogP) is 0.208. The zero-order valence-electron chi connectivity index (χ0n) is 11.3. The lowest BCUT2D eigenvalue weighted by Crippen LogP contribution is -2.57. The highest BCUT2D eigenvalue weighted by Crippen LogP contribution is 2.29. The van der Waals surface area contributed by atoms with Crippen LogP contribution in [0.15, 0.2) is 37.0 Å². The van der Waals surface area contributed by atoms with Gasteiger partial charge in [-0.1, -0.05) is 31.4 Å². The number of aliphatic hydroxyl groups excluding tert-OH is 4. The molecule has 1 saturated heterocycles. The summed E-state index contributed by atoms with van der Waals surface area (Å²) < 4.78 is 5.39. The molecule has 5 unspecified atom stereocenters. The number of hydrogen-bond acceptors (Lipinski definition) is 6. The molecule has 0 saturated carbocycles. The van der Waals surface area contributed by atoms with Crippen LogP contribution in [0.1, 0.15) is 6.42 Å². The maximum Gasteiger partial charge on any atom is 0.132 e. The first-order valence-corrected chi connectivity index (χ1v) is 7.46. The van der Waals surface area contributed by atoms with Gasteiger partial charge in [0.2, 0.25) is 0 Å². The molecule has 0 aromatic heterocycles. The fourth-order valence-corrected chi connectivity index (χ4v) is 3.07. The van der Waals surface area contributed by atoms with Gasteiger partial charge in [0.25, 0.3) is 0 Å². The molecular formula is C14H22O5S. The van der Waals surface area contributed by atoms with Gasteiger partial charge in [0.05, 0.1) is 6.61 Å². The van der Waals surface area contributed by atoms with Crippen LogP contribution in [0.3, 0.4) is 0 Å². The standard InChI is InChI=1S/C14H22O5S/c1-3-5-9(4-2)6-7-20-14-13(18)12(17)11(16)10(8-15)19-14/h3-5,10-18H,1-2,6-8H2/b9-5+. The molecule has 0 aromatic carbocycles. The summed E-state index contributed by atoms with van der Waals surface area (Å²) in [6.45, 7) is 6.90. The molecule has 0 aromatic rings. The second kappa shape index (κ2) is 8.61. The van der Waals surface area contributed by atoms with Gasteiger partial charge in [0.1, 0.15) is 29.9 Å². The molecule has 1 aliphatic heterocycles. The number of rotatable bonds is 7. The van der Waals surface area contributed by atoms with Crippen molar-refractivity contribution in [2.24, 2.45) is 0 Å². The first-order chi connectivity index (χ1) is 9.54. The minimum absolute atomic E-state index is 0.406. The van der Waals surface area contributed by atoms with E-state index in [1.54, 1.807) is 12.2 Å². The van der Waals surface area contributed by atoms with Crippen LogP contribution in [0.2, 0.25) is 0 Å². The molecular weight excluding hydrogens is 280 g/mol. The normalized spacial score (nSPS) is 34.8. The lowest BCUT2D eigenvalue weighted by molar-refractivity contribution is -0.205. The SMILES string of the molecule is C=C/C=C(\C=C)CCSC1OC(CO)C(O)C(O)C1O. The molecule has 0 bridgehead atoms. The van der Waals surface area contributed by atoms with E-state index in [-0.39, 0.29) is 0 Å². The Labute approximate surface area is 123 Å². The fraction of sp³-hybridized carbons (Fsp3) is 0.571. The maximum atomic E-state index is 9.86. The Kier molecular flexibility index (Phi) is 7.50. The predicted molar refractivity (Wildman–Crippen MR) is 79.3 cm³/mol. The van der Waals surface area contributed by atoms with Crippen LogP contribution in [-0.2, 0) is 4.74 Å². The summed E-state index contributed by atoms with van der Waals surface area (Å²) in [6.07, 6.45) is 1.31. The van der Waals surface area contributed by atoms with Crippen LogP contribution < -0.4 is 0 Å². The van der Waals surface area contributed by atoms with Crippen molar-refractivity contribution in [1.29, 1.82) is 0 Å². The third kappa shape index (κ3) is 4.44. The van der Waals surface area contributed by atoms with E-state index >= 15 is 0 Å². The Morgan fingerprint density at radius 3 is 2.40 bits per heavy atom. The van der Waals surface area contributed by atoms with E-state index in [0.29, 0.717) is 5.75 Å². The molecule has 1 heterocycles. The van der Waals surface area contributed by atoms with E-state index in [9.17, 15) is 15.3 Å². The number of ether oxygens (including phenoxy) is 1. The van der Waals surface area contributed by atoms with Gasteiger partial charge in [-0.2, -0.15) is 0 Å². The molecule has 0 radical (unpaired) electrons. The largest absolute Gasteiger partial charge is 0.394 e. The van der Waals surface area contributed by atoms with Crippen molar-refractivity contribution in [1.82, 2.24) is 0 Å². The van der Waals surface area contributed by atoms with Gasteiger partial charge < -0.3 is 25.2 Å². The highest BCUT2D eigenvalue weighted by Gasteiger charge is 2.43. The summed E-state index contributed by atoms with van der Waals surface area (Å²) in [7, 11) is 0. The molecule has 114 valence electrons. The van der Waals surface area contributed by atoms with E-state index in [1.165, 1.54) is 11.8 Å². The Bertz CT molecular complexity index is 355. The van der Waals surface area contributed by atoms with Gasteiger partial charge in [0.15, 0.2) is 0 Å². The van der Waals surface area contributed by atoms with Crippen LogP contribution in [-0.4, -0.2) is 62.6 Å². The second-order valence-corrected chi connectivity index (χ2v) is 5.71. The van der Waals surface area contributed by atoms with Crippen molar-refractivity contribution in [2.45, 2.75) is 36.3 Å². The van der Waals surface area contributed by atoms with Crippen molar-refractivity contribution in [3.63, 3.8) is 0 Å². The van der Waals surface area contributed by atoms with Crippen LogP contribution in [0.4, 0.5) is 0 Å². The minimum atomic E-state index is -1.32. The first-order valence-electron chi connectivity index (χ1n) is 6.41. The first kappa shape index (κ1) is 17.4. The van der Waals surface area contributed by atoms with Crippen LogP contribution in [0.25, 0.3) is 0 Å². The Hall–Kier alpha value is -0.630. The number of thioether (sulfide) groups is 1. The highest BCUT2D eigenvalue weighted by molar-refractivity contribution is 7.99. The lowest BCUT2D eigenvalue weighted by atomic mass is 10.0. The molecule has 1 aliphatic rings. The second-order valence-electron chi connectivity index (χ2n) is 4.50. The Morgan fingerprint density at radius 1 is 1.15 bits per heavy atom. The van der Waals surface area contributed by atoms with E-state index in [0.717, 1.165) is 12.0 Å². The Balaban J connectivity index is 2.52. The van der Waals surface area contributed by atoms with Gasteiger partial charge in [-0.25, -0.2) is 0 Å². The summed E-state index contributed by atoms with van der Waals surface area (Å²) in [6, 6.07) is 0. The summed E-state index contributed by atoms with van der Waals surface area (Å²) in [5.74, 6) is 0.647. The number of hydrogen-bond donors (Lipinski definition) is 4. The average molecular weight is 302 g/mol. The molecule has 6 heteroatoms. The van der Waals surface area contributed by atoms with E-state index < -0.39 is 36.5 Å². The van der Waals surface area contributed by atoms with Gasteiger partial charge >= 0.3 is 0 Å². The van der Waals surface area contributed by atoms with Gasteiger partial charge in [-0.15, -0.1) is 11.8 Å². The third-order valence-corrected chi connectivity index (χ3v) is 4.27. The molecule has 20 heavy (non-hydrogen) atoms. The summed E-state index contributed by atoms with van der Waals surface area (Å²) >= 11 is 1.32. The van der Waals surface area contributed by atoms with Crippen LogP contribution in [0.5, 0.6) is 0 Å². The van der Waals surface area contributed by atoms with E-state index in [2.05, 4.69) is 13.2 Å². The van der Waals surface area contributed by atoms with Crippen molar-refractivity contribution >= 4 is 11.8 Å². The van der Waals surface area contributed by atoms with Crippen molar-refractivity contribution in [2.75, 3.05) is 12.4 Å². The molecule has 5 nitrogen and oxygen atoms in total. The maximum absolute atomic E-state index is 9.86. The topological polar surface area (TPSA) is 90.2 Å². The zero-order chi connectivity index (χ0) is 15.1. The molecule has 0 spiro atoms. The molecule has 0 amide bonds. The van der Waals surface area contributed by atoms with Crippen LogP contribution >= 0.6 is 11.8 Å². The number of allylic oxidation sites excluding steroid dienone is 4. The van der Waals surface area contributed by atoms with Crippen molar-refractivity contribution in [3.05, 3.63) is 37.0 Å². The van der Waals surface area contributed by atoms with E-state index in [1.807, 2.05) is 6.08 Å².